The van der Waals surface area contributed by atoms with Crippen molar-refractivity contribution < 1.29 is 23.0 Å². The molecule has 2 aromatic carbocycles. The molecule has 0 N–H and O–H groups in total. The summed E-state index contributed by atoms with van der Waals surface area (Å²) in [5.41, 5.74) is 0.522. The molecule has 3 aromatic rings. The Morgan fingerprint density at radius 3 is 2.14 bits per heavy atom. The molecule has 0 radical (unpaired) electrons. The van der Waals surface area contributed by atoms with Crippen molar-refractivity contribution in [3.05, 3.63) is 60.9 Å². The molecule has 1 heterocycles. The Kier molecular flexibility index (Phi) is 9.91. The molecule has 0 saturated heterocycles. The zero-order valence-corrected chi connectivity index (χ0v) is 21.2. The first kappa shape index (κ1) is 27.2. The number of halogens is 2. The van der Waals surface area contributed by atoms with Crippen LogP contribution in [0.25, 0.3) is 22.5 Å². The minimum absolute atomic E-state index is 0.116. The Labute approximate surface area is 211 Å². The lowest BCUT2D eigenvalue weighted by atomic mass is 10.0. The number of benzene rings is 2. The maximum absolute atomic E-state index is 14.3. The monoisotopic (exact) mass is 496 g/mol. The van der Waals surface area contributed by atoms with Crippen LogP contribution in [0.1, 0.15) is 59.3 Å². The van der Waals surface area contributed by atoms with Gasteiger partial charge in [0, 0.05) is 23.5 Å². The molecule has 3 rings (SSSR count). The van der Waals surface area contributed by atoms with E-state index in [9.17, 15) is 13.6 Å². The highest BCUT2D eigenvalue weighted by atomic mass is 19.1. The van der Waals surface area contributed by atoms with Crippen molar-refractivity contribution in [2.45, 2.75) is 71.1 Å². The van der Waals surface area contributed by atoms with E-state index in [2.05, 4.69) is 9.97 Å². The van der Waals surface area contributed by atoms with Crippen molar-refractivity contribution in [2.75, 3.05) is 6.61 Å². The lowest BCUT2D eigenvalue weighted by Gasteiger charge is -2.17. The summed E-state index contributed by atoms with van der Waals surface area (Å²) in [4.78, 5) is 21.0. The molecule has 0 amide bonds. The van der Waals surface area contributed by atoms with Crippen LogP contribution in [0.3, 0.4) is 0 Å². The molecule has 192 valence electrons. The van der Waals surface area contributed by atoms with E-state index >= 15 is 0 Å². The number of carbonyl (C=O) groups excluding carboxylic acids is 1. The summed E-state index contributed by atoms with van der Waals surface area (Å²) in [7, 11) is 0. The Hall–Kier alpha value is -3.35. The zero-order valence-electron chi connectivity index (χ0n) is 21.2. The SMILES string of the molecule is CCC[C@](C)(F)C(=O)Oc1ccc(-c2cnc(-c3ccc(OCCCCC[C@H](C)F)cc3)nc2)cc1. The number of esters is 1. The quantitative estimate of drug-likeness (QED) is 0.139. The number of alkyl halides is 2. The Morgan fingerprint density at radius 1 is 0.917 bits per heavy atom. The van der Waals surface area contributed by atoms with Crippen molar-refractivity contribution in [2.24, 2.45) is 0 Å². The third kappa shape index (κ3) is 8.11. The summed E-state index contributed by atoms with van der Waals surface area (Å²) in [5, 5.41) is 0. The first-order chi connectivity index (χ1) is 17.3. The van der Waals surface area contributed by atoms with E-state index in [1.54, 1.807) is 43.6 Å². The number of ether oxygens (including phenoxy) is 2. The van der Waals surface area contributed by atoms with Crippen LogP contribution < -0.4 is 9.47 Å². The molecule has 0 fully saturated rings. The number of carbonyl (C=O) groups is 1. The number of hydrogen-bond acceptors (Lipinski definition) is 5. The van der Waals surface area contributed by atoms with Gasteiger partial charge in [0.15, 0.2) is 5.82 Å². The Morgan fingerprint density at radius 2 is 1.53 bits per heavy atom. The van der Waals surface area contributed by atoms with Gasteiger partial charge in [-0.25, -0.2) is 23.5 Å². The van der Waals surface area contributed by atoms with Crippen LogP contribution in [-0.4, -0.2) is 34.4 Å². The molecule has 7 heteroatoms. The van der Waals surface area contributed by atoms with Gasteiger partial charge in [-0.1, -0.05) is 31.9 Å². The van der Waals surface area contributed by atoms with Gasteiger partial charge in [-0.2, -0.15) is 0 Å². The molecule has 5 nitrogen and oxygen atoms in total. The molecule has 1 aromatic heterocycles. The van der Waals surface area contributed by atoms with E-state index in [-0.39, 0.29) is 12.2 Å². The predicted molar refractivity (Wildman–Crippen MR) is 137 cm³/mol. The largest absolute Gasteiger partial charge is 0.494 e. The van der Waals surface area contributed by atoms with Crippen molar-refractivity contribution in [3.63, 3.8) is 0 Å². The van der Waals surface area contributed by atoms with Gasteiger partial charge in [-0.15, -0.1) is 0 Å². The van der Waals surface area contributed by atoms with Crippen LogP contribution in [0, 0.1) is 0 Å². The summed E-state index contributed by atoms with van der Waals surface area (Å²) >= 11 is 0. The average molecular weight is 497 g/mol. The number of rotatable bonds is 13. The maximum Gasteiger partial charge on any atom is 0.348 e. The average Bonchev–Trinajstić information content (AvgIpc) is 2.87. The van der Waals surface area contributed by atoms with Crippen molar-refractivity contribution in [1.29, 1.82) is 0 Å². The molecule has 0 unspecified atom stereocenters. The summed E-state index contributed by atoms with van der Waals surface area (Å²) in [6, 6.07) is 14.4. The van der Waals surface area contributed by atoms with Crippen LogP contribution >= 0.6 is 0 Å². The fraction of sp³-hybridized carbons (Fsp3) is 0.414. The van der Waals surface area contributed by atoms with Gasteiger partial charge in [0.05, 0.1) is 12.8 Å². The first-order valence-electron chi connectivity index (χ1n) is 12.5. The number of aromatic nitrogens is 2. The molecule has 2 atom stereocenters. The lowest BCUT2D eigenvalue weighted by Crippen LogP contribution is -2.34. The molecular weight excluding hydrogens is 462 g/mol. The molecule has 0 saturated carbocycles. The normalized spacial score (nSPS) is 13.6. The van der Waals surface area contributed by atoms with E-state index in [4.69, 9.17) is 9.47 Å². The number of nitrogens with zero attached hydrogens (tertiary/aromatic N) is 2. The highest BCUT2D eigenvalue weighted by Gasteiger charge is 2.34. The second kappa shape index (κ2) is 13.1. The fourth-order valence-electron chi connectivity index (χ4n) is 3.72. The molecule has 0 aliphatic heterocycles. The van der Waals surface area contributed by atoms with Gasteiger partial charge in [-0.3, -0.25) is 0 Å². The molecule has 0 bridgehead atoms. The molecule has 0 aliphatic carbocycles. The zero-order chi connectivity index (χ0) is 26.0. The topological polar surface area (TPSA) is 61.3 Å². The van der Waals surface area contributed by atoms with Crippen LogP contribution in [0.2, 0.25) is 0 Å². The third-order valence-electron chi connectivity index (χ3n) is 5.82. The maximum atomic E-state index is 14.3. The lowest BCUT2D eigenvalue weighted by molar-refractivity contribution is -0.147. The van der Waals surface area contributed by atoms with E-state index in [0.717, 1.165) is 41.7 Å². The minimum atomic E-state index is -2.00. The van der Waals surface area contributed by atoms with Crippen LogP contribution in [0.5, 0.6) is 11.5 Å². The van der Waals surface area contributed by atoms with Gasteiger partial charge >= 0.3 is 5.97 Å². The summed E-state index contributed by atoms with van der Waals surface area (Å²) in [6.07, 6.45) is 6.72. The highest BCUT2D eigenvalue weighted by Crippen LogP contribution is 2.26. The van der Waals surface area contributed by atoms with Crippen molar-refractivity contribution in [1.82, 2.24) is 9.97 Å². The molecule has 0 aliphatic rings. The second-order valence-corrected chi connectivity index (χ2v) is 9.16. The number of unbranched alkanes of at least 4 members (excludes halogenated alkanes) is 2. The number of hydrogen-bond donors (Lipinski definition) is 0. The van der Waals surface area contributed by atoms with Crippen LogP contribution in [0.15, 0.2) is 60.9 Å². The Bertz CT molecular complexity index is 1080. The van der Waals surface area contributed by atoms with E-state index < -0.39 is 17.8 Å². The van der Waals surface area contributed by atoms with Crippen LogP contribution in [0.4, 0.5) is 8.78 Å². The molecular formula is C29H34F2N2O3. The van der Waals surface area contributed by atoms with Crippen molar-refractivity contribution >= 4 is 5.97 Å². The first-order valence-corrected chi connectivity index (χ1v) is 12.5. The third-order valence-corrected chi connectivity index (χ3v) is 5.82. The van der Waals surface area contributed by atoms with Gasteiger partial charge < -0.3 is 9.47 Å². The van der Waals surface area contributed by atoms with Crippen molar-refractivity contribution in [3.8, 4) is 34.0 Å². The summed E-state index contributed by atoms with van der Waals surface area (Å²) < 4.78 is 38.1. The molecule has 36 heavy (non-hydrogen) atoms. The smallest absolute Gasteiger partial charge is 0.348 e. The minimum Gasteiger partial charge on any atom is -0.494 e. The van der Waals surface area contributed by atoms with Gasteiger partial charge in [0.25, 0.3) is 0 Å². The van der Waals surface area contributed by atoms with Gasteiger partial charge in [-0.05, 0) is 81.5 Å². The Balaban J connectivity index is 1.53. The van der Waals surface area contributed by atoms with E-state index in [1.807, 2.05) is 31.2 Å². The van der Waals surface area contributed by atoms with E-state index in [1.165, 1.54) is 6.92 Å². The standard InChI is InChI=1S/C29H34F2N2O3/c1-4-17-29(3,31)28(34)36-26-15-9-22(10-16-26)24-19-32-27(33-20-24)23-11-13-25(14-12-23)35-18-7-5-6-8-21(2)30/h9-16,19-21H,4-8,17-18H2,1-3H3/t21-,29-/m0/s1. The van der Waals surface area contributed by atoms with Crippen LogP contribution in [-0.2, 0) is 4.79 Å². The second-order valence-electron chi connectivity index (χ2n) is 9.16. The van der Waals surface area contributed by atoms with Gasteiger partial charge in [0.2, 0.25) is 5.67 Å². The summed E-state index contributed by atoms with van der Waals surface area (Å²) in [5.74, 6) is 0.773. The predicted octanol–water partition coefficient (Wildman–Crippen LogP) is 7.54. The van der Waals surface area contributed by atoms with E-state index in [0.29, 0.717) is 25.3 Å². The highest BCUT2D eigenvalue weighted by molar-refractivity contribution is 5.81. The van der Waals surface area contributed by atoms with Gasteiger partial charge in [0.1, 0.15) is 11.5 Å². The molecule has 0 spiro atoms. The summed E-state index contributed by atoms with van der Waals surface area (Å²) in [6.45, 7) is 5.26. The fourth-order valence-corrected chi connectivity index (χ4v) is 3.72.